The highest BCUT2D eigenvalue weighted by atomic mass is 32.1. The molecular formula is C26H30FNO3S. The Labute approximate surface area is 192 Å². The van der Waals surface area contributed by atoms with E-state index in [1.807, 2.05) is 6.07 Å². The van der Waals surface area contributed by atoms with Gasteiger partial charge in [0, 0.05) is 18.2 Å². The number of thiazole rings is 1. The predicted molar refractivity (Wildman–Crippen MR) is 127 cm³/mol. The third-order valence-electron chi connectivity index (χ3n) is 5.85. The summed E-state index contributed by atoms with van der Waals surface area (Å²) < 4.78 is 26.5. The van der Waals surface area contributed by atoms with E-state index in [0.717, 1.165) is 23.1 Å². The van der Waals surface area contributed by atoms with Crippen molar-refractivity contribution < 1.29 is 18.7 Å². The van der Waals surface area contributed by atoms with Crippen LogP contribution in [0.2, 0.25) is 0 Å². The van der Waals surface area contributed by atoms with Crippen LogP contribution in [0.5, 0.6) is 5.75 Å². The van der Waals surface area contributed by atoms with E-state index in [0.29, 0.717) is 23.6 Å². The summed E-state index contributed by atoms with van der Waals surface area (Å²) in [6.45, 7) is 2.80. The molecule has 0 amide bonds. The molecule has 2 heterocycles. The van der Waals surface area contributed by atoms with Crippen LogP contribution in [0.25, 0.3) is 20.8 Å². The van der Waals surface area contributed by atoms with Crippen molar-refractivity contribution in [3.8, 4) is 16.3 Å². The summed E-state index contributed by atoms with van der Waals surface area (Å²) in [5, 5.41) is 0.631. The molecule has 0 saturated carbocycles. The van der Waals surface area contributed by atoms with Gasteiger partial charge in [0.2, 0.25) is 0 Å². The molecule has 32 heavy (non-hydrogen) atoms. The molecule has 2 aromatic carbocycles. The van der Waals surface area contributed by atoms with Crippen molar-refractivity contribution in [2.24, 2.45) is 0 Å². The normalized spacial score (nSPS) is 16.0. The van der Waals surface area contributed by atoms with E-state index in [9.17, 15) is 9.18 Å². The van der Waals surface area contributed by atoms with Crippen molar-refractivity contribution in [3.05, 3.63) is 47.8 Å². The van der Waals surface area contributed by atoms with E-state index < -0.39 is 17.9 Å². The quantitative estimate of drug-likeness (QED) is 0.186. The van der Waals surface area contributed by atoms with Gasteiger partial charge in [0.15, 0.2) is 6.10 Å². The van der Waals surface area contributed by atoms with E-state index in [2.05, 4.69) is 24.0 Å². The Morgan fingerprint density at radius 1 is 1.16 bits per heavy atom. The number of halogens is 1. The third-order valence-corrected chi connectivity index (χ3v) is 6.91. The fourth-order valence-electron chi connectivity index (χ4n) is 4.03. The number of rotatable bonds is 10. The number of benzene rings is 2. The van der Waals surface area contributed by atoms with Gasteiger partial charge < -0.3 is 9.47 Å². The molecule has 0 bridgehead atoms. The Morgan fingerprint density at radius 3 is 2.78 bits per heavy atom. The highest BCUT2D eigenvalue weighted by molar-refractivity contribution is 7.21. The summed E-state index contributed by atoms with van der Waals surface area (Å²) in [6.07, 6.45) is 9.69. The zero-order valence-electron chi connectivity index (χ0n) is 18.6. The van der Waals surface area contributed by atoms with Gasteiger partial charge in [-0.1, -0.05) is 45.1 Å². The lowest BCUT2D eigenvalue weighted by molar-refractivity contribution is -0.144. The average molecular weight is 456 g/mol. The number of carbonyl (C=O) groups is 1. The average Bonchev–Trinajstić information content (AvgIpc) is 3.46. The van der Waals surface area contributed by atoms with E-state index in [1.165, 1.54) is 61.5 Å². The standard InChI is InChI=1S/C26H30FNO3S/c1-2-3-4-5-6-7-9-18-11-14-22-24(16-18)32-25(28-22)20-13-12-19(17-21(20)27)31-26(29)23-10-8-15-30-23/h11-14,16-17,23H,2-10,15H2,1H3. The predicted octanol–water partition coefficient (Wildman–Crippen LogP) is 7.09. The van der Waals surface area contributed by atoms with Crippen molar-refractivity contribution in [2.75, 3.05) is 6.61 Å². The maximum atomic E-state index is 14.8. The van der Waals surface area contributed by atoms with Crippen LogP contribution in [-0.4, -0.2) is 23.7 Å². The first-order valence-corrected chi connectivity index (χ1v) is 12.5. The zero-order valence-corrected chi connectivity index (χ0v) is 19.4. The molecule has 1 atom stereocenters. The molecule has 0 radical (unpaired) electrons. The maximum absolute atomic E-state index is 14.8. The molecule has 4 nitrogen and oxygen atoms in total. The molecule has 1 unspecified atom stereocenters. The van der Waals surface area contributed by atoms with Gasteiger partial charge in [-0.25, -0.2) is 14.2 Å². The molecule has 6 heteroatoms. The van der Waals surface area contributed by atoms with Gasteiger partial charge in [0.1, 0.15) is 16.6 Å². The van der Waals surface area contributed by atoms with Crippen LogP contribution in [0.15, 0.2) is 36.4 Å². The van der Waals surface area contributed by atoms with Crippen molar-refractivity contribution in [1.29, 1.82) is 0 Å². The molecule has 1 fully saturated rings. The third kappa shape index (κ3) is 5.73. The van der Waals surface area contributed by atoms with Crippen molar-refractivity contribution in [1.82, 2.24) is 4.98 Å². The van der Waals surface area contributed by atoms with Gasteiger partial charge in [-0.3, -0.25) is 0 Å². The summed E-state index contributed by atoms with van der Waals surface area (Å²) in [5.41, 5.74) is 2.60. The number of aromatic nitrogens is 1. The van der Waals surface area contributed by atoms with Gasteiger partial charge in [-0.2, -0.15) is 0 Å². The lowest BCUT2D eigenvalue weighted by Gasteiger charge is -2.10. The second-order valence-corrected chi connectivity index (χ2v) is 9.43. The van der Waals surface area contributed by atoms with Gasteiger partial charge in [-0.05, 0) is 55.5 Å². The van der Waals surface area contributed by atoms with Crippen LogP contribution in [0.3, 0.4) is 0 Å². The van der Waals surface area contributed by atoms with E-state index in [1.54, 1.807) is 12.1 Å². The summed E-state index contributed by atoms with van der Waals surface area (Å²) >= 11 is 1.49. The number of hydrogen-bond donors (Lipinski definition) is 0. The SMILES string of the molecule is CCCCCCCCc1ccc2nc(-c3ccc(OC(=O)C4CCCO4)cc3F)sc2c1. The first-order chi connectivity index (χ1) is 15.6. The van der Waals surface area contributed by atoms with E-state index in [-0.39, 0.29) is 5.75 Å². The lowest BCUT2D eigenvalue weighted by Crippen LogP contribution is -2.24. The molecule has 1 saturated heterocycles. The van der Waals surface area contributed by atoms with E-state index in [4.69, 9.17) is 9.47 Å². The van der Waals surface area contributed by atoms with Crippen LogP contribution in [0, 0.1) is 5.82 Å². The van der Waals surface area contributed by atoms with Crippen molar-refractivity contribution >= 4 is 27.5 Å². The molecule has 4 rings (SSSR count). The van der Waals surface area contributed by atoms with Crippen LogP contribution in [-0.2, 0) is 16.0 Å². The Bertz CT molecular complexity index is 1060. The molecule has 3 aromatic rings. The molecule has 1 aliphatic heterocycles. The molecule has 0 spiro atoms. The number of carbonyl (C=O) groups excluding carboxylic acids is 1. The first-order valence-electron chi connectivity index (χ1n) is 11.7. The molecular weight excluding hydrogens is 425 g/mol. The smallest absolute Gasteiger partial charge is 0.340 e. The fourth-order valence-corrected chi connectivity index (χ4v) is 5.08. The van der Waals surface area contributed by atoms with Crippen molar-refractivity contribution in [3.63, 3.8) is 0 Å². The Kier molecular flexibility index (Phi) is 7.87. The van der Waals surface area contributed by atoms with Gasteiger partial charge in [-0.15, -0.1) is 11.3 Å². The minimum Gasteiger partial charge on any atom is -0.425 e. The summed E-state index contributed by atoms with van der Waals surface area (Å²) in [4.78, 5) is 16.7. The Morgan fingerprint density at radius 2 is 2.00 bits per heavy atom. The van der Waals surface area contributed by atoms with E-state index >= 15 is 0 Å². The van der Waals surface area contributed by atoms with Crippen LogP contribution in [0.4, 0.5) is 4.39 Å². The Balaban J connectivity index is 1.40. The number of esters is 1. The van der Waals surface area contributed by atoms with Gasteiger partial charge >= 0.3 is 5.97 Å². The first kappa shape index (κ1) is 22.9. The largest absolute Gasteiger partial charge is 0.425 e. The minimum atomic E-state index is -0.549. The van der Waals surface area contributed by atoms with Crippen LogP contribution >= 0.6 is 11.3 Å². The number of unbranched alkanes of at least 4 members (excludes halogenated alkanes) is 5. The molecule has 170 valence electrons. The zero-order chi connectivity index (χ0) is 22.3. The van der Waals surface area contributed by atoms with Crippen LogP contribution < -0.4 is 4.74 Å². The highest BCUT2D eigenvalue weighted by Gasteiger charge is 2.26. The minimum absolute atomic E-state index is 0.189. The number of hydrogen-bond acceptors (Lipinski definition) is 5. The molecule has 1 aliphatic rings. The fraction of sp³-hybridized carbons (Fsp3) is 0.462. The second-order valence-electron chi connectivity index (χ2n) is 8.40. The summed E-state index contributed by atoms with van der Waals surface area (Å²) in [5.74, 6) is -0.726. The molecule has 0 aliphatic carbocycles. The van der Waals surface area contributed by atoms with Crippen LogP contribution in [0.1, 0.15) is 63.9 Å². The van der Waals surface area contributed by atoms with Gasteiger partial charge in [0.05, 0.1) is 10.2 Å². The summed E-state index contributed by atoms with van der Waals surface area (Å²) in [6, 6.07) is 10.8. The Hall–Kier alpha value is -2.31. The lowest BCUT2D eigenvalue weighted by atomic mass is 10.0. The molecule has 0 N–H and O–H groups in total. The maximum Gasteiger partial charge on any atom is 0.340 e. The number of fused-ring (bicyclic) bond motifs is 1. The molecule has 1 aromatic heterocycles. The summed E-state index contributed by atoms with van der Waals surface area (Å²) in [7, 11) is 0. The number of ether oxygens (including phenoxy) is 2. The monoisotopic (exact) mass is 455 g/mol. The van der Waals surface area contributed by atoms with Gasteiger partial charge in [0.25, 0.3) is 0 Å². The second kappa shape index (κ2) is 11.0. The number of nitrogens with zero attached hydrogens (tertiary/aromatic N) is 1. The number of aryl methyl sites for hydroxylation is 1. The van der Waals surface area contributed by atoms with Crippen molar-refractivity contribution in [2.45, 2.75) is 70.8 Å². The topological polar surface area (TPSA) is 48.4 Å². The highest BCUT2D eigenvalue weighted by Crippen LogP contribution is 2.34.